The van der Waals surface area contributed by atoms with Crippen LogP contribution in [-0.2, 0) is 9.59 Å². The zero-order valence-corrected chi connectivity index (χ0v) is 8.46. The van der Waals surface area contributed by atoms with Gasteiger partial charge < -0.3 is 20.2 Å². The zero-order valence-electron chi connectivity index (χ0n) is 8.46. The maximum absolute atomic E-state index is 11.6. The van der Waals surface area contributed by atoms with Gasteiger partial charge in [0.1, 0.15) is 6.04 Å². The summed E-state index contributed by atoms with van der Waals surface area (Å²) in [6.07, 6.45) is -1.72. The fourth-order valence-corrected chi connectivity index (χ4v) is 1.66. The topological polar surface area (TPSA) is 98.1 Å². The van der Waals surface area contributed by atoms with Gasteiger partial charge in [0.15, 0.2) is 6.10 Å². The summed E-state index contributed by atoms with van der Waals surface area (Å²) < 4.78 is 0. The molecule has 0 aromatic carbocycles. The molecule has 1 heterocycles. The lowest BCUT2D eigenvalue weighted by Crippen LogP contribution is -2.48. The highest BCUT2D eigenvalue weighted by atomic mass is 16.4. The Balaban J connectivity index is 2.70. The fourth-order valence-electron chi connectivity index (χ4n) is 1.66. The van der Waals surface area contributed by atoms with E-state index in [1.807, 2.05) is 0 Å². The number of carbonyl (C=O) groups excluding carboxylic acids is 1. The SMILES string of the molecule is CC(O)C(O)C(=O)N1CCCC1C(=O)O. The number of carbonyl (C=O) groups is 2. The van der Waals surface area contributed by atoms with Crippen molar-refractivity contribution in [2.75, 3.05) is 6.54 Å². The Morgan fingerprint density at radius 1 is 1.40 bits per heavy atom. The summed E-state index contributed by atoms with van der Waals surface area (Å²) in [7, 11) is 0. The Morgan fingerprint density at radius 2 is 2.00 bits per heavy atom. The van der Waals surface area contributed by atoms with Crippen LogP contribution in [0.1, 0.15) is 19.8 Å². The lowest BCUT2D eigenvalue weighted by molar-refractivity contribution is -0.155. The Morgan fingerprint density at radius 3 is 2.47 bits per heavy atom. The molecule has 3 unspecified atom stereocenters. The summed E-state index contributed by atoms with van der Waals surface area (Å²) in [5, 5.41) is 27.2. The van der Waals surface area contributed by atoms with Crippen molar-refractivity contribution in [3.05, 3.63) is 0 Å². The van der Waals surface area contributed by atoms with Crippen molar-refractivity contribution >= 4 is 11.9 Å². The Hall–Kier alpha value is -1.14. The number of aliphatic hydroxyl groups is 2. The smallest absolute Gasteiger partial charge is 0.326 e. The first-order valence-electron chi connectivity index (χ1n) is 4.84. The van der Waals surface area contributed by atoms with Gasteiger partial charge in [0.2, 0.25) is 0 Å². The zero-order chi connectivity index (χ0) is 11.6. The lowest BCUT2D eigenvalue weighted by Gasteiger charge is -2.25. The third-order valence-corrected chi connectivity index (χ3v) is 2.53. The van der Waals surface area contributed by atoms with Gasteiger partial charge in [-0.05, 0) is 19.8 Å². The molecule has 1 aliphatic rings. The molecule has 1 aliphatic heterocycles. The molecule has 0 saturated carbocycles. The van der Waals surface area contributed by atoms with Gasteiger partial charge >= 0.3 is 5.97 Å². The molecule has 1 rings (SSSR count). The third-order valence-electron chi connectivity index (χ3n) is 2.53. The molecule has 1 amide bonds. The number of nitrogens with zero attached hydrogens (tertiary/aromatic N) is 1. The minimum Gasteiger partial charge on any atom is -0.480 e. The summed E-state index contributed by atoms with van der Waals surface area (Å²) in [6, 6.07) is -0.870. The van der Waals surface area contributed by atoms with Gasteiger partial charge in [-0.25, -0.2) is 4.79 Å². The molecule has 6 nitrogen and oxygen atoms in total. The largest absolute Gasteiger partial charge is 0.480 e. The average Bonchev–Trinajstić information content (AvgIpc) is 2.63. The summed E-state index contributed by atoms with van der Waals surface area (Å²) in [6.45, 7) is 1.61. The van der Waals surface area contributed by atoms with Gasteiger partial charge in [0.25, 0.3) is 5.91 Å². The molecule has 15 heavy (non-hydrogen) atoms. The first-order chi connectivity index (χ1) is 6.95. The maximum atomic E-state index is 11.6. The van der Waals surface area contributed by atoms with Gasteiger partial charge in [-0.15, -0.1) is 0 Å². The second kappa shape index (κ2) is 4.59. The summed E-state index contributed by atoms with van der Waals surface area (Å²) in [5.41, 5.74) is 0. The summed E-state index contributed by atoms with van der Waals surface area (Å²) in [4.78, 5) is 23.4. The van der Waals surface area contributed by atoms with E-state index in [0.29, 0.717) is 19.4 Å². The van der Waals surface area contributed by atoms with Gasteiger partial charge in [0, 0.05) is 6.54 Å². The highest BCUT2D eigenvalue weighted by Crippen LogP contribution is 2.19. The Kier molecular flexibility index (Phi) is 3.65. The first-order valence-corrected chi connectivity index (χ1v) is 4.84. The fraction of sp³-hybridized carbons (Fsp3) is 0.778. The van der Waals surface area contributed by atoms with Crippen LogP contribution in [0.25, 0.3) is 0 Å². The van der Waals surface area contributed by atoms with Crippen LogP contribution < -0.4 is 0 Å². The molecular weight excluding hydrogens is 202 g/mol. The predicted octanol–water partition coefficient (Wildman–Crippen LogP) is -1.20. The van der Waals surface area contributed by atoms with E-state index in [0.717, 1.165) is 4.90 Å². The summed E-state index contributed by atoms with van der Waals surface area (Å²) in [5.74, 6) is -1.78. The van der Waals surface area contributed by atoms with Crippen LogP contribution in [0.15, 0.2) is 0 Å². The highest BCUT2D eigenvalue weighted by Gasteiger charge is 2.37. The van der Waals surface area contributed by atoms with Crippen molar-refractivity contribution in [2.45, 2.75) is 38.0 Å². The van der Waals surface area contributed by atoms with E-state index < -0.39 is 30.1 Å². The van der Waals surface area contributed by atoms with Crippen molar-refractivity contribution in [1.29, 1.82) is 0 Å². The molecule has 6 heteroatoms. The van der Waals surface area contributed by atoms with E-state index >= 15 is 0 Å². The molecule has 0 aromatic heterocycles. The van der Waals surface area contributed by atoms with Crippen LogP contribution in [0.4, 0.5) is 0 Å². The number of aliphatic hydroxyl groups excluding tert-OH is 2. The molecule has 0 spiro atoms. The number of hydrogen-bond donors (Lipinski definition) is 3. The Bertz CT molecular complexity index is 265. The van der Waals surface area contributed by atoms with Crippen molar-refractivity contribution in [1.82, 2.24) is 4.90 Å². The highest BCUT2D eigenvalue weighted by molar-refractivity contribution is 5.87. The quantitative estimate of drug-likeness (QED) is 0.552. The van der Waals surface area contributed by atoms with E-state index in [9.17, 15) is 14.7 Å². The van der Waals surface area contributed by atoms with Gasteiger partial charge in [0.05, 0.1) is 6.10 Å². The minimum atomic E-state index is -1.54. The van der Waals surface area contributed by atoms with Crippen LogP contribution >= 0.6 is 0 Å². The van der Waals surface area contributed by atoms with Crippen LogP contribution in [0.3, 0.4) is 0 Å². The lowest BCUT2D eigenvalue weighted by atomic mass is 10.1. The van der Waals surface area contributed by atoms with E-state index in [1.165, 1.54) is 6.92 Å². The Labute approximate surface area is 87.1 Å². The van der Waals surface area contributed by atoms with E-state index in [1.54, 1.807) is 0 Å². The average molecular weight is 217 g/mol. The molecule has 3 atom stereocenters. The monoisotopic (exact) mass is 217 g/mol. The standard InChI is InChI=1S/C9H15NO5/c1-5(11)7(12)8(13)10-4-2-3-6(10)9(14)15/h5-7,11-12H,2-4H2,1H3,(H,14,15). The van der Waals surface area contributed by atoms with Crippen LogP contribution in [0.2, 0.25) is 0 Å². The first kappa shape index (κ1) is 11.9. The molecule has 1 fully saturated rings. The van der Waals surface area contributed by atoms with Gasteiger partial charge in [-0.2, -0.15) is 0 Å². The molecule has 1 saturated heterocycles. The van der Waals surface area contributed by atoms with Crippen molar-refractivity contribution < 1.29 is 24.9 Å². The predicted molar refractivity (Wildman–Crippen MR) is 50.1 cm³/mol. The summed E-state index contributed by atoms with van der Waals surface area (Å²) >= 11 is 0. The molecule has 0 radical (unpaired) electrons. The van der Waals surface area contributed by atoms with Gasteiger partial charge in [-0.3, -0.25) is 4.79 Å². The number of hydrogen-bond acceptors (Lipinski definition) is 4. The van der Waals surface area contributed by atoms with Crippen LogP contribution in [0.5, 0.6) is 0 Å². The van der Waals surface area contributed by atoms with Gasteiger partial charge in [-0.1, -0.05) is 0 Å². The second-order valence-electron chi connectivity index (χ2n) is 3.71. The molecule has 0 aromatic rings. The number of likely N-dealkylation sites (tertiary alicyclic amines) is 1. The van der Waals surface area contributed by atoms with Crippen LogP contribution in [0, 0.1) is 0 Å². The molecule has 3 N–H and O–H groups in total. The molecule has 86 valence electrons. The number of aliphatic carboxylic acids is 1. The number of amides is 1. The van der Waals surface area contributed by atoms with E-state index in [4.69, 9.17) is 10.2 Å². The maximum Gasteiger partial charge on any atom is 0.326 e. The normalized spacial score (nSPS) is 25.0. The van der Waals surface area contributed by atoms with Crippen LogP contribution in [-0.4, -0.2) is 56.9 Å². The van der Waals surface area contributed by atoms with E-state index in [2.05, 4.69) is 0 Å². The third kappa shape index (κ3) is 2.45. The number of rotatable bonds is 3. The molecular formula is C9H15NO5. The molecule has 0 bridgehead atoms. The minimum absolute atomic E-state index is 0.319. The van der Waals surface area contributed by atoms with Crippen molar-refractivity contribution in [3.63, 3.8) is 0 Å². The van der Waals surface area contributed by atoms with Crippen molar-refractivity contribution in [3.8, 4) is 0 Å². The number of carboxylic acids is 1. The molecule has 0 aliphatic carbocycles. The second-order valence-corrected chi connectivity index (χ2v) is 3.71. The number of carboxylic acid groups (broad SMARTS) is 1. The van der Waals surface area contributed by atoms with E-state index in [-0.39, 0.29) is 0 Å². The van der Waals surface area contributed by atoms with Crippen molar-refractivity contribution in [2.24, 2.45) is 0 Å².